The molecule has 1 aromatic carbocycles. The van der Waals surface area contributed by atoms with Gasteiger partial charge in [-0.25, -0.2) is 4.39 Å². The highest BCUT2D eigenvalue weighted by atomic mass is 19.1. The average molecular weight is 250 g/mol. The van der Waals surface area contributed by atoms with Crippen molar-refractivity contribution in [3.63, 3.8) is 0 Å². The van der Waals surface area contributed by atoms with Gasteiger partial charge in [0, 0.05) is 11.7 Å². The van der Waals surface area contributed by atoms with Crippen LogP contribution >= 0.6 is 0 Å². The van der Waals surface area contributed by atoms with Crippen molar-refractivity contribution in [1.82, 2.24) is 5.32 Å². The zero-order valence-electron chi connectivity index (χ0n) is 10.6. The van der Waals surface area contributed by atoms with Gasteiger partial charge < -0.3 is 10.6 Å². The van der Waals surface area contributed by atoms with Crippen molar-refractivity contribution in [3.05, 3.63) is 30.1 Å². The normalized spacial score (nSPS) is 17.4. The minimum atomic E-state index is -0.354. The van der Waals surface area contributed by atoms with E-state index in [0.29, 0.717) is 11.7 Å². The van der Waals surface area contributed by atoms with Crippen molar-refractivity contribution in [2.45, 2.75) is 44.7 Å². The predicted octanol–water partition coefficient (Wildman–Crippen LogP) is 2.68. The molecule has 0 bridgehead atoms. The summed E-state index contributed by atoms with van der Waals surface area (Å²) < 4.78 is 13.0. The van der Waals surface area contributed by atoms with Crippen LogP contribution < -0.4 is 10.6 Å². The third-order valence-corrected chi connectivity index (χ3v) is 3.30. The molecule has 98 valence electrons. The summed E-state index contributed by atoms with van der Waals surface area (Å²) in [7, 11) is 0. The number of amides is 1. The molecule has 2 rings (SSSR count). The highest BCUT2D eigenvalue weighted by molar-refractivity contribution is 5.84. The monoisotopic (exact) mass is 250 g/mol. The minimum Gasteiger partial charge on any atom is -0.374 e. The van der Waals surface area contributed by atoms with Crippen LogP contribution in [0.2, 0.25) is 0 Å². The van der Waals surface area contributed by atoms with E-state index in [9.17, 15) is 9.18 Å². The molecule has 1 aliphatic rings. The van der Waals surface area contributed by atoms with E-state index in [-0.39, 0.29) is 17.8 Å². The van der Waals surface area contributed by atoms with Crippen LogP contribution in [-0.2, 0) is 4.79 Å². The Balaban J connectivity index is 1.86. The number of hydrogen-bond donors (Lipinski definition) is 2. The Bertz CT molecular complexity index is 416. The molecule has 0 heterocycles. The van der Waals surface area contributed by atoms with Gasteiger partial charge in [0.2, 0.25) is 5.91 Å². The Labute approximate surface area is 107 Å². The summed E-state index contributed by atoms with van der Waals surface area (Å²) in [5.74, 6) is -0.324. The first kappa shape index (κ1) is 12.9. The molecule has 2 N–H and O–H groups in total. The van der Waals surface area contributed by atoms with Gasteiger partial charge in [-0.1, -0.05) is 18.9 Å². The topological polar surface area (TPSA) is 41.1 Å². The van der Waals surface area contributed by atoms with E-state index in [1.807, 2.05) is 0 Å². The molecule has 3 nitrogen and oxygen atoms in total. The zero-order chi connectivity index (χ0) is 13.0. The lowest BCUT2D eigenvalue weighted by molar-refractivity contribution is -0.122. The van der Waals surface area contributed by atoms with Crippen LogP contribution in [0, 0.1) is 5.82 Å². The van der Waals surface area contributed by atoms with Gasteiger partial charge in [0.25, 0.3) is 0 Å². The van der Waals surface area contributed by atoms with E-state index < -0.39 is 0 Å². The second-order valence-electron chi connectivity index (χ2n) is 4.87. The molecule has 18 heavy (non-hydrogen) atoms. The van der Waals surface area contributed by atoms with Crippen molar-refractivity contribution >= 4 is 11.6 Å². The van der Waals surface area contributed by atoms with Crippen molar-refractivity contribution < 1.29 is 9.18 Å². The number of rotatable bonds is 4. The Hall–Kier alpha value is -1.58. The molecule has 0 radical (unpaired) electrons. The molecular weight excluding hydrogens is 231 g/mol. The number of carbonyl (C=O) groups excluding carboxylic acids is 1. The van der Waals surface area contributed by atoms with Crippen LogP contribution in [0.25, 0.3) is 0 Å². The molecule has 0 spiro atoms. The van der Waals surface area contributed by atoms with Crippen molar-refractivity contribution in [1.29, 1.82) is 0 Å². The van der Waals surface area contributed by atoms with Crippen LogP contribution in [0.1, 0.15) is 32.6 Å². The Kier molecular flexibility index (Phi) is 4.18. The third kappa shape index (κ3) is 3.45. The number of carbonyl (C=O) groups is 1. The Morgan fingerprint density at radius 3 is 2.78 bits per heavy atom. The second kappa shape index (κ2) is 5.85. The van der Waals surface area contributed by atoms with Crippen molar-refractivity contribution in [2.24, 2.45) is 0 Å². The van der Waals surface area contributed by atoms with E-state index >= 15 is 0 Å². The fourth-order valence-corrected chi connectivity index (χ4v) is 2.29. The number of nitrogens with one attached hydrogen (secondary N) is 2. The van der Waals surface area contributed by atoms with Gasteiger partial charge in [0.05, 0.1) is 0 Å². The van der Waals surface area contributed by atoms with E-state index in [1.165, 1.54) is 25.0 Å². The summed E-state index contributed by atoms with van der Waals surface area (Å²) in [5.41, 5.74) is 0.629. The molecule has 1 aliphatic carbocycles. The van der Waals surface area contributed by atoms with E-state index in [4.69, 9.17) is 0 Å². The van der Waals surface area contributed by atoms with Gasteiger partial charge in [0.1, 0.15) is 11.9 Å². The smallest absolute Gasteiger partial charge is 0.242 e. The Morgan fingerprint density at radius 2 is 2.11 bits per heavy atom. The average Bonchev–Trinajstić information content (AvgIpc) is 2.81. The van der Waals surface area contributed by atoms with Crippen LogP contribution in [0.15, 0.2) is 24.3 Å². The first-order valence-corrected chi connectivity index (χ1v) is 6.47. The predicted molar refractivity (Wildman–Crippen MR) is 69.9 cm³/mol. The molecule has 1 amide bonds. The van der Waals surface area contributed by atoms with Crippen molar-refractivity contribution in [3.8, 4) is 0 Å². The standard InChI is InChI=1S/C14H19FN2O/c1-10(14(18)17-12-6-2-3-7-12)16-13-8-4-5-11(15)9-13/h4-5,8-10,12,16H,2-3,6-7H2,1H3,(H,17,18). The summed E-state index contributed by atoms with van der Waals surface area (Å²) in [6.07, 6.45) is 4.52. The molecule has 0 aromatic heterocycles. The van der Waals surface area contributed by atoms with Gasteiger partial charge in [-0.15, -0.1) is 0 Å². The van der Waals surface area contributed by atoms with E-state index in [2.05, 4.69) is 10.6 Å². The summed E-state index contributed by atoms with van der Waals surface area (Å²) in [6, 6.07) is 6.11. The maximum absolute atomic E-state index is 13.0. The van der Waals surface area contributed by atoms with Crippen LogP contribution in [0.5, 0.6) is 0 Å². The molecule has 1 fully saturated rings. The lowest BCUT2D eigenvalue weighted by Crippen LogP contribution is -2.42. The molecule has 1 saturated carbocycles. The third-order valence-electron chi connectivity index (χ3n) is 3.30. The molecule has 1 unspecified atom stereocenters. The molecule has 0 saturated heterocycles. The van der Waals surface area contributed by atoms with Crippen LogP contribution in [0.4, 0.5) is 10.1 Å². The summed E-state index contributed by atoms with van der Waals surface area (Å²) in [6.45, 7) is 1.79. The van der Waals surface area contributed by atoms with Gasteiger partial charge in [-0.2, -0.15) is 0 Å². The second-order valence-corrected chi connectivity index (χ2v) is 4.87. The van der Waals surface area contributed by atoms with Gasteiger partial charge in [0.15, 0.2) is 0 Å². The van der Waals surface area contributed by atoms with E-state index in [0.717, 1.165) is 12.8 Å². The fraction of sp³-hybridized carbons (Fsp3) is 0.500. The lowest BCUT2D eigenvalue weighted by atomic mass is 10.2. The number of anilines is 1. The van der Waals surface area contributed by atoms with Crippen LogP contribution in [0.3, 0.4) is 0 Å². The zero-order valence-corrected chi connectivity index (χ0v) is 10.6. The fourth-order valence-electron chi connectivity index (χ4n) is 2.29. The Morgan fingerprint density at radius 1 is 1.39 bits per heavy atom. The van der Waals surface area contributed by atoms with Crippen LogP contribution in [-0.4, -0.2) is 18.0 Å². The summed E-state index contributed by atoms with van der Waals surface area (Å²) in [4.78, 5) is 11.9. The maximum atomic E-state index is 13.0. The van der Waals surface area contributed by atoms with E-state index in [1.54, 1.807) is 19.1 Å². The first-order valence-electron chi connectivity index (χ1n) is 6.47. The molecule has 0 aliphatic heterocycles. The highest BCUT2D eigenvalue weighted by Crippen LogP contribution is 2.18. The highest BCUT2D eigenvalue weighted by Gasteiger charge is 2.20. The number of hydrogen-bond acceptors (Lipinski definition) is 2. The summed E-state index contributed by atoms with van der Waals surface area (Å²) in [5, 5.41) is 6.02. The molecule has 1 atom stereocenters. The minimum absolute atomic E-state index is 0.0221. The van der Waals surface area contributed by atoms with Crippen molar-refractivity contribution in [2.75, 3.05) is 5.32 Å². The quantitative estimate of drug-likeness (QED) is 0.862. The van der Waals surface area contributed by atoms with Gasteiger partial charge in [-0.3, -0.25) is 4.79 Å². The first-order chi connectivity index (χ1) is 8.65. The largest absolute Gasteiger partial charge is 0.374 e. The maximum Gasteiger partial charge on any atom is 0.242 e. The number of halogens is 1. The SMILES string of the molecule is CC(Nc1cccc(F)c1)C(=O)NC1CCCC1. The van der Waals surface area contributed by atoms with Gasteiger partial charge >= 0.3 is 0 Å². The van der Waals surface area contributed by atoms with Gasteiger partial charge in [-0.05, 0) is 38.0 Å². The summed E-state index contributed by atoms with van der Waals surface area (Å²) >= 11 is 0. The molecule has 4 heteroatoms. The lowest BCUT2D eigenvalue weighted by Gasteiger charge is -2.18. The molecule has 1 aromatic rings. The molecular formula is C14H19FN2O. The number of benzene rings is 1.